The molecule has 2 aromatic carbocycles. The van der Waals surface area contributed by atoms with Crippen molar-refractivity contribution < 1.29 is 9.18 Å². The number of pyridine rings is 1. The van der Waals surface area contributed by atoms with Gasteiger partial charge in [-0.2, -0.15) is 0 Å². The molecule has 0 fully saturated rings. The Hall–Kier alpha value is -2.66. The molecule has 1 atom stereocenters. The number of carbonyl (C=O) groups is 1. The van der Waals surface area contributed by atoms with Crippen LogP contribution in [0.25, 0.3) is 0 Å². The van der Waals surface area contributed by atoms with Gasteiger partial charge in [0.15, 0.2) is 0 Å². The third-order valence-electron chi connectivity index (χ3n) is 3.33. The van der Waals surface area contributed by atoms with Gasteiger partial charge in [-0.3, -0.25) is 4.79 Å². The molecular formula is C19H15FN2OS. The van der Waals surface area contributed by atoms with E-state index < -0.39 is 5.25 Å². The average Bonchev–Trinajstić information content (AvgIpc) is 2.63. The minimum atomic E-state index is -0.453. The van der Waals surface area contributed by atoms with Crippen molar-refractivity contribution in [1.82, 2.24) is 4.98 Å². The van der Waals surface area contributed by atoms with Crippen LogP contribution in [0.3, 0.4) is 0 Å². The number of rotatable bonds is 5. The zero-order valence-corrected chi connectivity index (χ0v) is 13.5. The number of hydrogen-bond acceptors (Lipinski definition) is 3. The van der Waals surface area contributed by atoms with Gasteiger partial charge in [0, 0.05) is 11.9 Å². The van der Waals surface area contributed by atoms with Crippen LogP contribution in [0.5, 0.6) is 0 Å². The number of hydrogen-bond donors (Lipinski definition) is 1. The number of nitrogens with one attached hydrogen (secondary N) is 1. The summed E-state index contributed by atoms with van der Waals surface area (Å²) in [6.07, 6.45) is 1.70. The Balaban J connectivity index is 1.83. The molecule has 3 rings (SSSR count). The summed E-state index contributed by atoms with van der Waals surface area (Å²) < 4.78 is 13.0. The van der Waals surface area contributed by atoms with Crippen molar-refractivity contribution in [3.05, 3.63) is 90.4 Å². The van der Waals surface area contributed by atoms with Crippen molar-refractivity contribution in [3.63, 3.8) is 0 Å². The summed E-state index contributed by atoms with van der Waals surface area (Å²) in [5.41, 5.74) is 1.44. The molecule has 0 aliphatic rings. The molecule has 1 heterocycles. The lowest BCUT2D eigenvalue weighted by molar-refractivity contribution is -0.115. The van der Waals surface area contributed by atoms with E-state index in [0.29, 0.717) is 5.69 Å². The molecule has 0 spiro atoms. The van der Waals surface area contributed by atoms with Crippen LogP contribution in [-0.4, -0.2) is 10.9 Å². The molecule has 24 heavy (non-hydrogen) atoms. The van der Waals surface area contributed by atoms with Crippen LogP contribution in [0.15, 0.2) is 84.0 Å². The van der Waals surface area contributed by atoms with Gasteiger partial charge in [-0.05, 0) is 42.0 Å². The monoisotopic (exact) mass is 338 g/mol. The van der Waals surface area contributed by atoms with Gasteiger partial charge in [-0.15, -0.1) is 0 Å². The van der Waals surface area contributed by atoms with Gasteiger partial charge >= 0.3 is 0 Å². The molecular weight excluding hydrogens is 323 g/mol. The van der Waals surface area contributed by atoms with Gasteiger partial charge in [0.05, 0.1) is 5.03 Å². The minimum absolute atomic E-state index is 0.177. The third-order valence-corrected chi connectivity index (χ3v) is 4.53. The van der Waals surface area contributed by atoms with Gasteiger partial charge in [0.25, 0.3) is 0 Å². The molecule has 5 heteroatoms. The minimum Gasteiger partial charge on any atom is -0.325 e. The molecule has 0 aliphatic carbocycles. The van der Waals surface area contributed by atoms with Crippen molar-refractivity contribution in [2.45, 2.75) is 10.3 Å². The standard InChI is InChI=1S/C19H15FN2OS/c20-15-9-11-16(12-10-15)22-19(23)18(14-6-2-1-3-7-14)24-17-8-4-5-13-21-17/h1-13,18H,(H,22,23)/t18-/m1/s1. The Morgan fingerprint density at radius 2 is 1.67 bits per heavy atom. The number of carbonyl (C=O) groups excluding carboxylic acids is 1. The number of nitrogens with zero attached hydrogens (tertiary/aromatic N) is 1. The van der Waals surface area contributed by atoms with Gasteiger partial charge in [-0.25, -0.2) is 9.37 Å². The second kappa shape index (κ2) is 7.75. The van der Waals surface area contributed by atoms with E-state index >= 15 is 0 Å². The summed E-state index contributed by atoms with van der Waals surface area (Å²) in [4.78, 5) is 17.0. The molecule has 1 aromatic heterocycles. The highest BCUT2D eigenvalue weighted by Crippen LogP contribution is 2.35. The van der Waals surface area contributed by atoms with Crippen molar-refractivity contribution >= 4 is 23.4 Å². The van der Waals surface area contributed by atoms with E-state index in [1.807, 2.05) is 48.5 Å². The summed E-state index contributed by atoms with van der Waals surface area (Å²) >= 11 is 1.38. The summed E-state index contributed by atoms with van der Waals surface area (Å²) in [5.74, 6) is -0.515. The fraction of sp³-hybridized carbons (Fsp3) is 0.0526. The van der Waals surface area contributed by atoms with Crippen LogP contribution >= 0.6 is 11.8 Å². The fourth-order valence-corrected chi connectivity index (χ4v) is 3.16. The number of anilines is 1. The van der Waals surface area contributed by atoms with E-state index in [1.165, 1.54) is 23.9 Å². The third kappa shape index (κ3) is 4.20. The average molecular weight is 338 g/mol. The first-order valence-corrected chi connectivity index (χ1v) is 8.29. The normalized spacial score (nSPS) is 11.7. The lowest BCUT2D eigenvalue weighted by Gasteiger charge is -2.16. The lowest BCUT2D eigenvalue weighted by atomic mass is 10.1. The molecule has 120 valence electrons. The van der Waals surface area contributed by atoms with Crippen LogP contribution in [0, 0.1) is 5.82 Å². The predicted molar refractivity (Wildman–Crippen MR) is 94.3 cm³/mol. The van der Waals surface area contributed by atoms with Crippen LogP contribution in [0.1, 0.15) is 10.8 Å². The first kappa shape index (κ1) is 16.2. The lowest BCUT2D eigenvalue weighted by Crippen LogP contribution is -2.19. The summed E-state index contributed by atoms with van der Waals surface area (Å²) in [7, 11) is 0. The zero-order valence-electron chi connectivity index (χ0n) is 12.7. The van der Waals surface area contributed by atoms with Crippen molar-refractivity contribution in [2.24, 2.45) is 0 Å². The Bertz CT molecular complexity index is 795. The second-order valence-electron chi connectivity index (χ2n) is 5.07. The SMILES string of the molecule is O=C(Nc1ccc(F)cc1)[C@H](Sc1ccccn1)c1ccccc1. The topological polar surface area (TPSA) is 42.0 Å². The quantitative estimate of drug-likeness (QED) is 0.686. The molecule has 0 saturated heterocycles. The Labute approximate surface area is 143 Å². The van der Waals surface area contributed by atoms with Crippen molar-refractivity contribution in [1.29, 1.82) is 0 Å². The molecule has 0 saturated carbocycles. The molecule has 0 unspecified atom stereocenters. The molecule has 3 aromatic rings. The van der Waals surface area contributed by atoms with Crippen LogP contribution in [-0.2, 0) is 4.79 Å². The molecule has 0 aliphatic heterocycles. The van der Waals surface area contributed by atoms with Gasteiger partial charge in [0.1, 0.15) is 11.1 Å². The Kier molecular flexibility index (Phi) is 5.23. The van der Waals surface area contributed by atoms with Crippen molar-refractivity contribution in [2.75, 3.05) is 5.32 Å². The van der Waals surface area contributed by atoms with Crippen LogP contribution < -0.4 is 5.32 Å². The van der Waals surface area contributed by atoms with Gasteiger partial charge in [0.2, 0.25) is 5.91 Å². The van der Waals surface area contributed by atoms with Gasteiger partial charge in [-0.1, -0.05) is 48.2 Å². The van der Waals surface area contributed by atoms with E-state index in [9.17, 15) is 9.18 Å². The number of aromatic nitrogens is 1. The first-order valence-electron chi connectivity index (χ1n) is 7.41. The smallest absolute Gasteiger partial charge is 0.242 e. The molecule has 1 N–H and O–H groups in total. The maximum atomic E-state index is 13.0. The summed E-state index contributed by atoms with van der Waals surface area (Å²) in [6, 6.07) is 20.8. The highest BCUT2D eigenvalue weighted by atomic mass is 32.2. The van der Waals surface area contributed by atoms with Crippen molar-refractivity contribution in [3.8, 4) is 0 Å². The maximum Gasteiger partial charge on any atom is 0.242 e. The van der Waals surface area contributed by atoms with Gasteiger partial charge < -0.3 is 5.32 Å². The molecule has 1 amide bonds. The zero-order chi connectivity index (χ0) is 16.8. The van der Waals surface area contributed by atoms with E-state index in [1.54, 1.807) is 18.3 Å². The van der Waals surface area contributed by atoms with E-state index in [2.05, 4.69) is 10.3 Å². The van der Waals surface area contributed by atoms with Crippen LogP contribution in [0.2, 0.25) is 0 Å². The molecule has 0 radical (unpaired) electrons. The Morgan fingerprint density at radius 3 is 2.33 bits per heavy atom. The first-order chi connectivity index (χ1) is 11.7. The fourth-order valence-electron chi connectivity index (χ4n) is 2.18. The van der Waals surface area contributed by atoms with Crippen LogP contribution in [0.4, 0.5) is 10.1 Å². The Morgan fingerprint density at radius 1 is 0.958 bits per heavy atom. The highest BCUT2D eigenvalue weighted by Gasteiger charge is 2.22. The largest absolute Gasteiger partial charge is 0.325 e. The van der Waals surface area contributed by atoms with E-state index in [-0.39, 0.29) is 11.7 Å². The van der Waals surface area contributed by atoms with E-state index in [0.717, 1.165) is 10.6 Å². The number of amides is 1. The second-order valence-corrected chi connectivity index (χ2v) is 6.20. The maximum absolute atomic E-state index is 13.0. The number of thioether (sulfide) groups is 1. The summed E-state index contributed by atoms with van der Waals surface area (Å²) in [5, 5.41) is 3.15. The predicted octanol–water partition coefficient (Wildman–Crippen LogP) is 4.69. The number of halogens is 1. The molecule has 0 bridgehead atoms. The molecule has 3 nitrogen and oxygen atoms in total. The summed E-state index contributed by atoms with van der Waals surface area (Å²) in [6.45, 7) is 0. The highest BCUT2D eigenvalue weighted by molar-refractivity contribution is 8.00. The van der Waals surface area contributed by atoms with E-state index in [4.69, 9.17) is 0 Å². The number of benzene rings is 2.